The number of likely N-dealkylation sites (tertiary alicyclic amines) is 1. The molecule has 1 heterocycles. The number of nitrogens with zero attached hydrogens (tertiary/aromatic N) is 1. The minimum atomic E-state index is -1.85. The number of carbonyl (C=O) groups is 11. The minimum Gasteiger partial charge on any atom is -0.508 e. The van der Waals surface area contributed by atoms with Gasteiger partial charge in [0, 0.05) is 13.0 Å². The van der Waals surface area contributed by atoms with E-state index >= 15 is 0 Å². The van der Waals surface area contributed by atoms with Gasteiger partial charge in [-0.3, -0.25) is 47.9 Å². The Hall–Kier alpha value is -6.97. The molecule has 77 heavy (non-hydrogen) atoms. The fraction of sp³-hybridized carbons (Fsp3) is 0.660. The summed E-state index contributed by atoms with van der Waals surface area (Å²) in [6.45, 7) is 6.26. The summed E-state index contributed by atoms with van der Waals surface area (Å²) in [5.74, 6) is -12.7. The van der Waals surface area contributed by atoms with E-state index in [0.29, 0.717) is 44.2 Å². The predicted octanol–water partition coefficient (Wildman–Crippen LogP) is -2.59. The van der Waals surface area contributed by atoms with Gasteiger partial charge in [-0.1, -0.05) is 46.2 Å². The molecule has 1 aromatic carbocycles. The average Bonchev–Trinajstić information content (AvgIpc) is 3.87. The Morgan fingerprint density at radius 1 is 0.636 bits per heavy atom. The maximum absolute atomic E-state index is 14.0. The van der Waals surface area contributed by atoms with E-state index in [9.17, 15) is 78.3 Å². The molecule has 27 heteroatoms. The van der Waals surface area contributed by atoms with E-state index in [1.165, 1.54) is 17.0 Å². The van der Waals surface area contributed by atoms with Crippen molar-refractivity contribution in [3.8, 4) is 5.75 Å². The SMILES string of the molecule is CC[C@H](C)[C@H](NC(=O)[C@H](CCC(=O)O)NC(=O)[C@H](CO)NC(=O)[C@H](CC(C)C)NC(=O)[C@H](CC(=O)O)NC(=O)[C@@H]1CCCN1C(=O)[C@@H](N)Cc1ccc(O)cc1)C(=O)N[C@@H](CCCCN)C(=O)N[C@@H](CCCCN)C(=O)O. The first kappa shape index (κ1) is 66.1. The summed E-state index contributed by atoms with van der Waals surface area (Å²) in [5.41, 5.74) is 18.0. The van der Waals surface area contributed by atoms with Crippen LogP contribution in [0.5, 0.6) is 5.75 Å². The van der Waals surface area contributed by atoms with Crippen LogP contribution in [0.15, 0.2) is 24.3 Å². The minimum absolute atomic E-state index is 0.0118. The van der Waals surface area contributed by atoms with Crippen LogP contribution in [0.1, 0.15) is 117 Å². The topological polar surface area (TPSA) is 454 Å². The van der Waals surface area contributed by atoms with E-state index in [1.807, 2.05) is 0 Å². The fourth-order valence-electron chi connectivity index (χ4n) is 8.39. The Kier molecular flexibility index (Phi) is 29.1. The van der Waals surface area contributed by atoms with Crippen LogP contribution in [-0.4, -0.2) is 176 Å². The Balaban J connectivity index is 2.30. The van der Waals surface area contributed by atoms with Crippen molar-refractivity contribution in [3.05, 3.63) is 29.8 Å². The fourth-order valence-corrected chi connectivity index (χ4v) is 8.39. The number of aromatic hydroxyl groups is 1. The number of nitrogens with one attached hydrogen (secondary N) is 7. The molecule has 0 saturated carbocycles. The molecule has 0 unspecified atom stereocenters. The molecule has 0 spiro atoms. The molecule has 0 bridgehead atoms. The third kappa shape index (κ3) is 23.0. The summed E-state index contributed by atoms with van der Waals surface area (Å²) in [6.07, 6.45) is 0.406. The van der Waals surface area contributed by atoms with E-state index < -0.39 is 151 Å². The standard InChI is InChI=1S/C50H81N11O16/c1-5-28(4)41(48(74)55-32(11-6-8-20-51)42(68)56-34(50(76)77)12-7-9-21-52)60-43(69)33(18-19-39(64)65)54-46(72)37(26-62)59-44(70)35(23-27(2)3)57-45(71)36(25-40(66)67)58-47(73)38-13-10-22-61(38)49(75)31(53)24-29-14-16-30(63)17-15-29/h14-17,27-28,31-38,41,62-63H,5-13,18-26,51-53H2,1-4H3,(H,54,72)(H,55,74)(H,56,68)(H,57,71)(H,58,73)(H,59,70)(H,60,69)(H,64,65)(H,66,67)(H,76,77)/t28-,31-,32-,33-,34-,35-,36-,37-,38-,41-/m0/s1. The van der Waals surface area contributed by atoms with Crippen molar-refractivity contribution in [3.63, 3.8) is 0 Å². The third-order valence-electron chi connectivity index (χ3n) is 12.9. The summed E-state index contributed by atoms with van der Waals surface area (Å²) >= 11 is 0. The maximum Gasteiger partial charge on any atom is 0.326 e. The van der Waals surface area contributed by atoms with Gasteiger partial charge in [-0.15, -0.1) is 0 Å². The number of aliphatic hydroxyl groups excluding tert-OH is 1. The molecule has 0 aliphatic carbocycles. The molecule has 1 saturated heterocycles. The first-order chi connectivity index (χ1) is 36.4. The molecule has 27 nitrogen and oxygen atoms in total. The van der Waals surface area contributed by atoms with Gasteiger partial charge in [-0.25, -0.2) is 4.79 Å². The van der Waals surface area contributed by atoms with E-state index in [4.69, 9.17) is 17.2 Å². The first-order valence-corrected chi connectivity index (χ1v) is 26.0. The van der Waals surface area contributed by atoms with Crippen LogP contribution >= 0.6 is 0 Å². The van der Waals surface area contributed by atoms with Gasteiger partial charge in [0.25, 0.3) is 0 Å². The van der Waals surface area contributed by atoms with Crippen LogP contribution in [0.4, 0.5) is 0 Å². The third-order valence-corrected chi connectivity index (χ3v) is 12.9. The highest BCUT2D eigenvalue weighted by Gasteiger charge is 2.40. The van der Waals surface area contributed by atoms with Gasteiger partial charge in [0.1, 0.15) is 54.1 Å². The number of hydrogen-bond donors (Lipinski definition) is 15. The van der Waals surface area contributed by atoms with Crippen molar-refractivity contribution in [2.45, 2.75) is 172 Å². The number of aliphatic hydroxyl groups is 1. The molecule has 1 fully saturated rings. The van der Waals surface area contributed by atoms with Crippen LogP contribution in [0.2, 0.25) is 0 Å². The number of phenolic OH excluding ortho intramolecular Hbond substituents is 1. The molecule has 1 aliphatic heterocycles. The molecule has 0 aromatic heterocycles. The van der Waals surface area contributed by atoms with Crippen molar-refractivity contribution < 1.29 is 78.3 Å². The lowest BCUT2D eigenvalue weighted by Gasteiger charge is -2.29. The van der Waals surface area contributed by atoms with Gasteiger partial charge in [-0.05, 0) is 113 Å². The van der Waals surface area contributed by atoms with Crippen LogP contribution in [0, 0.1) is 11.8 Å². The van der Waals surface area contributed by atoms with Crippen molar-refractivity contribution in [2.24, 2.45) is 29.0 Å². The van der Waals surface area contributed by atoms with Crippen LogP contribution < -0.4 is 54.4 Å². The van der Waals surface area contributed by atoms with E-state index in [-0.39, 0.29) is 63.3 Å². The number of benzene rings is 1. The predicted molar refractivity (Wildman–Crippen MR) is 277 cm³/mol. The highest BCUT2D eigenvalue weighted by Crippen LogP contribution is 2.21. The van der Waals surface area contributed by atoms with Crippen LogP contribution in [0.3, 0.4) is 0 Å². The Morgan fingerprint density at radius 3 is 1.69 bits per heavy atom. The number of unbranched alkanes of at least 4 members (excludes halogenated alkanes) is 2. The number of hydrogen-bond acceptors (Lipinski definition) is 16. The second kappa shape index (κ2) is 33.9. The number of carboxylic acids is 3. The molecule has 1 aliphatic rings. The van der Waals surface area contributed by atoms with Crippen molar-refractivity contribution in [1.29, 1.82) is 0 Å². The Bertz CT molecular complexity index is 2170. The molecular weight excluding hydrogens is 1010 g/mol. The van der Waals surface area contributed by atoms with Crippen molar-refractivity contribution >= 4 is 65.2 Å². The number of carbonyl (C=O) groups excluding carboxylic acids is 8. The highest BCUT2D eigenvalue weighted by molar-refractivity contribution is 5.99. The lowest BCUT2D eigenvalue weighted by Crippen LogP contribution is -2.61. The Morgan fingerprint density at radius 2 is 1.14 bits per heavy atom. The molecule has 432 valence electrons. The monoisotopic (exact) mass is 1090 g/mol. The summed E-state index contributed by atoms with van der Waals surface area (Å²) in [4.78, 5) is 147. The molecule has 10 atom stereocenters. The number of phenols is 1. The summed E-state index contributed by atoms with van der Waals surface area (Å²) < 4.78 is 0. The molecular formula is C50H81N11O16. The van der Waals surface area contributed by atoms with Gasteiger partial charge in [0.2, 0.25) is 47.3 Å². The molecule has 18 N–H and O–H groups in total. The zero-order chi connectivity index (χ0) is 57.9. The van der Waals surface area contributed by atoms with E-state index in [1.54, 1.807) is 39.8 Å². The average molecular weight is 1090 g/mol. The molecule has 8 amide bonds. The largest absolute Gasteiger partial charge is 0.508 e. The molecule has 0 radical (unpaired) electrons. The molecule has 2 rings (SSSR count). The van der Waals surface area contributed by atoms with Gasteiger partial charge < -0.3 is 84.9 Å². The second-order valence-electron chi connectivity index (χ2n) is 19.7. The zero-order valence-corrected chi connectivity index (χ0v) is 44.3. The van der Waals surface area contributed by atoms with Gasteiger partial charge in [-0.2, -0.15) is 0 Å². The smallest absolute Gasteiger partial charge is 0.326 e. The zero-order valence-electron chi connectivity index (χ0n) is 44.3. The van der Waals surface area contributed by atoms with Crippen LogP contribution in [-0.2, 0) is 59.2 Å². The quantitative estimate of drug-likeness (QED) is 0.0307. The maximum atomic E-state index is 14.0. The normalized spacial score (nSPS) is 16.7. The first-order valence-electron chi connectivity index (χ1n) is 26.0. The number of nitrogens with two attached hydrogens (primary N) is 3. The molecule has 1 aromatic rings. The number of rotatable bonds is 36. The van der Waals surface area contributed by atoms with Crippen LogP contribution in [0.25, 0.3) is 0 Å². The number of aliphatic carboxylic acids is 3. The van der Waals surface area contributed by atoms with Crippen molar-refractivity contribution in [2.75, 3.05) is 26.2 Å². The summed E-state index contributed by atoms with van der Waals surface area (Å²) in [7, 11) is 0. The summed E-state index contributed by atoms with van der Waals surface area (Å²) in [6, 6.07) is -7.01. The lowest BCUT2D eigenvalue weighted by atomic mass is 9.96. The van der Waals surface area contributed by atoms with Gasteiger partial charge in [0.15, 0.2) is 0 Å². The van der Waals surface area contributed by atoms with E-state index in [2.05, 4.69) is 37.2 Å². The number of carboxylic acid groups (broad SMARTS) is 3. The van der Waals surface area contributed by atoms with Gasteiger partial charge >= 0.3 is 17.9 Å². The summed E-state index contributed by atoms with van der Waals surface area (Å²) in [5, 5.41) is 66.0. The highest BCUT2D eigenvalue weighted by atomic mass is 16.4. The van der Waals surface area contributed by atoms with Gasteiger partial charge in [0.05, 0.1) is 19.1 Å². The van der Waals surface area contributed by atoms with Crippen molar-refractivity contribution in [1.82, 2.24) is 42.1 Å². The second-order valence-corrected chi connectivity index (χ2v) is 19.7. The lowest BCUT2D eigenvalue weighted by molar-refractivity contribution is -0.143. The number of amides is 8. The Labute approximate surface area is 447 Å². The van der Waals surface area contributed by atoms with E-state index in [0.717, 1.165) is 0 Å².